The van der Waals surface area contributed by atoms with E-state index in [2.05, 4.69) is 11.4 Å². The highest BCUT2D eigenvalue weighted by molar-refractivity contribution is 7.99. The molecule has 0 radical (unpaired) electrons. The highest BCUT2D eigenvalue weighted by Crippen LogP contribution is 2.17. The van der Waals surface area contributed by atoms with Crippen LogP contribution in [0.4, 0.5) is 4.39 Å². The maximum Gasteiger partial charge on any atom is 0.242 e. The minimum absolute atomic E-state index is 0.107. The Hall–Kier alpha value is -2.34. The number of thioether (sulfide) groups is 1. The van der Waals surface area contributed by atoms with E-state index in [1.54, 1.807) is 24.0 Å². The van der Waals surface area contributed by atoms with Crippen molar-refractivity contribution in [2.24, 2.45) is 5.92 Å². The number of hydrogen-bond acceptors (Lipinski definition) is 3. The van der Waals surface area contributed by atoms with Crippen LogP contribution < -0.4 is 5.32 Å². The lowest BCUT2D eigenvalue weighted by atomic mass is 10.1. The van der Waals surface area contributed by atoms with Gasteiger partial charge in [-0.1, -0.05) is 55.8 Å². The molecule has 0 saturated carbocycles. The fourth-order valence-corrected chi connectivity index (χ4v) is 3.82. The Kier molecular flexibility index (Phi) is 9.37. The molecule has 0 aliphatic carbocycles. The average Bonchev–Trinajstić information content (AvgIpc) is 2.71. The van der Waals surface area contributed by atoms with Crippen LogP contribution in [0.2, 0.25) is 0 Å². The summed E-state index contributed by atoms with van der Waals surface area (Å²) < 4.78 is 13.3. The number of halogens is 1. The second kappa shape index (κ2) is 11.7. The number of aryl methyl sites for hydroxylation is 1. The fourth-order valence-electron chi connectivity index (χ4n) is 2.96. The maximum atomic E-state index is 13.3. The average molecular weight is 431 g/mol. The molecule has 0 spiro atoms. The van der Waals surface area contributed by atoms with E-state index < -0.39 is 6.04 Å². The quantitative estimate of drug-likeness (QED) is 0.601. The molecular formula is C24H31FN2O2S. The smallest absolute Gasteiger partial charge is 0.242 e. The van der Waals surface area contributed by atoms with Gasteiger partial charge in [0.1, 0.15) is 11.9 Å². The van der Waals surface area contributed by atoms with Crippen molar-refractivity contribution in [2.45, 2.75) is 46.0 Å². The highest BCUT2D eigenvalue weighted by Gasteiger charge is 2.26. The van der Waals surface area contributed by atoms with Crippen molar-refractivity contribution in [1.82, 2.24) is 10.2 Å². The second-order valence-corrected chi connectivity index (χ2v) is 8.93. The van der Waals surface area contributed by atoms with Gasteiger partial charge in [-0.3, -0.25) is 9.59 Å². The second-order valence-electron chi connectivity index (χ2n) is 7.94. The van der Waals surface area contributed by atoms with E-state index in [0.29, 0.717) is 12.5 Å². The lowest BCUT2D eigenvalue weighted by Crippen LogP contribution is -2.48. The van der Waals surface area contributed by atoms with E-state index in [1.807, 2.05) is 39.0 Å². The van der Waals surface area contributed by atoms with E-state index in [0.717, 1.165) is 11.3 Å². The zero-order valence-corrected chi connectivity index (χ0v) is 19.0. The van der Waals surface area contributed by atoms with Crippen LogP contribution in [0.3, 0.4) is 0 Å². The van der Waals surface area contributed by atoms with Crippen molar-refractivity contribution in [3.63, 3.8) is 0 Å². The number of nitrogens with one attached hydrogen (secondary N) is 1. The number of carbonyl (C=O) groups is 2. The third-order valence-electron chi connectivity index (χ3n) is 4.69. The Bertz CT molecular complexity index is 839. The van der Waals surface area contributed by atoms with E-state index in [1.165, 1.54) is 35.0 Å². The lowest BCUT2D eigenvalue weighted by Gasteiger charge is -2.29. The maximum absolute atomic E-state index is 13.3. The van der Waals surface area contributed by atoms with Gasteiger partial charge in [-0.15, -0.1) is 11.8 Å². The van der Waals surface area contributed by atoms with Crippen LogP contribution in [0.5, 0.6) is 0 Å². The Morgan fingerprint density at radius 1 is 1.07 bits per heavy atom. The van der Waals surface area contributed by atoms with E-state index >= 15 is 0 Å². The fraction of sp³-hybridized carbons (Fsp3) is 0.417. The summed E-state index contributed by atoms with van der Waals surface area (Å²) in [5.41, 5.74) is 3.14. The molecule has 30 heavy (non-hydrogen) atoms. The van der Waals surface area contributed by atoms with Crippen LogP contribution >= 0.6 is 11.8 Å². The van der Waals surface area contributed by atoms with Crippen molar-refractivity contribution in [1.29, 1.82) is 0 Å². The zero-order chi connectivity index (χ0) is 22.1. The topological polar surface area (TPSA) is 49.4 Å². The van der Waals surface area contributed by atoms with Crippen molar-refractivity contribution >= 4 is 23.6 Å². The standard InChI is InChI=1S/C24H31FN2O2S/c1-17(2)13-26-24(29)19(4)27(14-20-8-10-22(25)11-9-20)23(28)16-30-15-21-7-5-6-18(3)12-21/h5-12,17,19H,13-16H2,1-4H3,(H,26,29). The van der Waals surface area contributed by atoms with Gasteiger partial charge in [0, 0.05) is 18.8 Å². The summed E-state index contributed by atoms with van der Waals surface area (Å²) in [4.78, 5) is 27.2. The van der Waals surface area contributed by atoms with E-state index in [-0.39, 0.29) is 29.9 Å². The van der Waals surface area contributed by atoms with Crippen molar-refractivity contribution in [2.75, 3.05) is 12.3 Å². The molecule has 4 nitrogen and oxygen atoms in total. The Balaban J connectivity index is 2.05. The third kappa shape index (κ3) is 7.82. The van der Waals surface area contributed by atoms with Gasteiger partial charge in [-0.2, -0.15) is 0 Å². The first kappa shape index (κ1) is 23.9. The molecule has 0 aromatic heterocycles. The molecule has 0 bridgehead atoms. The summed E-state index contributed by atoms with van der Waals surface area (Å²) in [5, 5.41) is 2.90. The first-order chi connectivity index (χ1) is 14.3. The molecule has 0 aliphatic rings. The number of benzene rings is 2. The first-order valence-corrected chi connectivity index (χ1v) is 11.4. The molecule has 2 aromatic rings. The van der Waals surface area contributed by atoms with Crippen LogP contribution in [0.25, 0.3) is 0 Å². The molecule has 1 atom stereocenters. The van der Waals surface area contributed by atoms with Gasteiger partial charge in [-0.25, -0.2) is 4.39 Å². The van der Waals surface area contributed by atoms with Crippen molar-refractivity contribution < 1.29 is 14.0 Å². The minimum Gasteiger partial charge on any atom is -0.354 e. The summed E-state index contributed by atoms with van der Waals surface area (Å²) >= 11 is 1.53. The highest BCUT2D eigenvalue weighted by atomic mass is 32.2. The molecule has 2 aromatic carbocycles. The molecule has 0 saturated heterocycles. The number of amides is 2. The van der Waals surface area contributed by atoms with Gasteiger partial charge in [0.2, 0.25) is 11.8 Å². The zero-order valence-electron chi connectivity index (χ0n) is 18.2. The monoisotopic (exact) mass is 430 g/mol. The van der Waals surface area contributed by atoms with Crippen LogP contribution in [0, 0.1) is 18.7 Å². The molecule has 1 N–H and O–H groups in total. The number of rotatable bonds is 10. The van der Waals surface area contributed by atoms with E-state index in [9.17, 15) is 14.0 Å². The van der Waals surface area contributed by atoms with E-state index in [4.69, 9.17) is 0 Å². The molecule has 2 rings (SSSR count). The van der Waals surface area contributed by atoms with Gasteiger partial charge in [0.15, 0.2) is 0 Å². The Labute approximate surface area is 183 Å². The largest absolute Gasteiger partial charge is 0.354 e. The van der Waals surface area contributed by atoms with Gasteiger partial charge < -0.3 is 10.2 Å². The first-order valence-electron chi connectivity index (χ1n) is 10.2. The van der Waals surface area contributed by atoms with Crippen LogP contribution in [-0.2, 0) is 21.9 Å². The normalized spacial score (nSPS) is 11.9. The molecule has 2 amide bonds. The molecule has 0 aliphatic heterocycles. The summed E-state index contributed by atoms with van der Waals surface area (Å²) in [6.45, 7) is 8.65. The minimum atomic E-state index is -0.610. The molecule has 0 heterocycles. The predicted octanol–water partition coefficient (Wildman–Crippen LogP) is 4.56. The lowest BCUT2D eigenvalue weighted by molar-refractivity contribution is -0.138. The Morgan fingerprint density at radius 3 is 2.40 bits per heavy atom. The predicted molar refractivity (Wildman–Crippen MR) is 122 cm³/mol. The SMILES string of the molecule is Cc1cccc(CSCC(=O)N(Cc2ccc(F)cc2)C(C)C(=O)NCC(C)C)c1. The molecule has 0 fully saturated rings. The van der Waals surface area contributed by atoms with Gasteiger partial charge in [0.05, 0.1) is 5.75 Å². The molecule has 1 unspecified atom stereocenters. The summed E-state index contributed by atoms with van der Waals surface area (Å²) in [6.07, 6.45) is 0. The van der Waals surface area contributed by atoms with Gasteiger partial charge in [0.25, 0.3) is 0 Å². The van der Waals surface area contributed by atoms with Gasteiger partial charge >= 0.3 is 0 Å². The molecule has 6 heteroatoms. The van der Waals surface area contributed by atoms with Crippen LogP contribution in [0.15, 0.2) is 48.5 Å². The number of hydrogen-bond donors (Lipinski definition) is 1. The number of carbonyl (C=O) groups excluding carboxylic acids is 2. The number of nitrogens with zero attached hydrogens (tertiary/aromatic N) is 1. The third-order valence-corrected chi connectivity index (χ3v) is 5.68. The van der Waals surface area contributed by atoms with Gasteiger partial charge in [-0.05, 0) is 43.0 Å². The summed E-state index contributed by atoms with van der Waals surface area (Å²) in [7, 11) is 0. The summed E-state index contributed by atoms with van der Waals surface area (Å²) in [6, 6.07) is 13.6. The van der Waals surface area contributed by atoms with Crippen LogP contribution in [-0.4, -0.2) is 35.1 Å². The summed E-state index contributed by atoms with van der Waals surface area (Å²) in [5.74, 6) is 0.718. The van der Waals surface area contributed by atoms with Crippen molar-refractivity contribution in [3.8, 4) is 0 Å². The molecule has 162 valence electrons. The van der Waals surface area contributed by atoms with Crippen LogP contribution in [0.1, 0.15) is 37.5 Å². The molecular weight excluding hydrogens is 399 g/mol. The Morgan fingerprint density at radius 2 is 1.77 bits per heavy atom. The van der Waals surface area contributed by atoms with Crippen molar-refractivity contribution in [3.05, 3.63) is 71.0 Å².